The topological polar surface area (TPSA) is 81.4 Å². The predicted molar refractivity (Wildman–Crippen MR) is 74.2 cm³/mol. The molecule has 0 spiro atoms. The largest absolute Gasteiger partial charge is 0.397 e. The molecule has 0 fully saturated rings. The zero-order valence-corrected chi connectivity index (χ0v) is 11.8. The lowest BCUT2D eigenvalue weighted by atomic mass is 10.1. The van der Waals surface area contributed by atoms with Crippen LogP contribution >= 0.6 is 0 Å². The number of nitrogens with two attached hydrogens (primary N) is 1. The number of hydrogen-bond acceptors (Lipinski definition) is 4. The Hall–Kier alpha value is -1.27. The molecule has 5 nitrogen and oxygen atoms in total. The maximum atomic E-state index is 11.8. The number of nitrogen functional groups attached to an aromatic ring is 1. The average molecular weight is 272 g/mol. The Labute approximate surface area is 108 Å². The van der Waals surface area contributed by atoms with Crippen LogP contribution in [0, 0.1) is 13.8 Å². The zero-order valence-electron chi connectivity index (χ0n) is 11.0. The van der Waals surface area contributed by atoms with E-state index in [9.17, 15) is 8.42 Å². The first kappa shape index (κ1) is 14.8. The summed E-state index contributed by atoms with van der Waals surface area (Å²) in [7, 11) is -3.42. The summed E-state index contributed by atoms with van der Waals surface area (Å²) in [6.45, 7) is 6.25. The molecule has 0 aliphatic carbocycles. The Morgan fingerprint density at radius 1 is 1.33 bits per heavy atom. The molecule has 0 bridgehead atoms. The second-order valence-electron chi connectivity index (χ2n) is 4.09. The number of rotatable bonds is 6. The van der Waals surface area contributed by atoms with Gasteiger partial charge in [0.1, 0.15) is 0 Å². The molecule has 18 heavy (non-hydrogen) atoms. The summed E-state index contributed by atoms with van der Waals surface area (Å²) in [6.07, 6.45) is 0. The Bertz CT molecular complexity index is 512. The molecule has 1 aromatic rings. The Morgan fingerprint density at radius 2 is 2.00 bits per heavy atom. The minimum atomic E-state index is -3.42. The summed E-state index contributed by atoms with van der Waals surface area (Å²) in [4.78, 5) is 0. The smallest absolute Gasteiger partial charge is 0.235 e. The fraction of sp³-hybridized carbons (Fsp3) is 0.500. The van der Waals surface area contributed by atoms with Gasteiger partial charge in [-0.1, -0.05) is 6.07 Å². The highest BCUT2D eigenvalue weighted by molar-refractivity contribution is 7.92. The van der Waals surface area contributed by atoms with Crippen LogP contribution in [0.2, 0.25) is 0 Å². The highest BCUT2D eigenvalue weighted by Gasteiger charge is 2.14. The molecule has 0 saturated heterocycles. The van der Waals surface area contributed by atoms with Crippen LogP contribution in [0.5, 0.6) is 0 Å². The van der Waals surface area contributed by atoms with E-state index in [1.54, 1.807) is 6.07 Å². The maximum absolute atomic E-state index is 11.8. The molecule has 6 heteroatoms. The van der Waals surface area contributed by atoms with E-state index in [2.05, 4.69) is 4.72 Å². The van der Waals surface area contributed by atoms with Gasteiger partial charge in [0.2, 0.25) is 10.0 Å². The molecule has 0 amide bonds. The molecule has 1 aromatic carbocycles. The number of hydrogen-bond donors (Lipinski definition) is 2. The molecule has 0 atom stereocenters. The van der Waals surface area contributed by atoms with Crippen molar-refractivity contribution in [2.75, 3.05) is 29.4 Å². The maximum Gasteiger partial charge on any atom is 0.235 e. The van der Waals surface area contributed by atoms with Gasteiger partial charge in [-0.2, -0.15) is 0 Å². The third kappa shape index (κ3) is 3.89. The predicted octanol–water partition coefficient (Wildman–Crippen LogP) is 1.66. The molecule has 1 rings (SSSR count). The van der Waals surface area contributed by atoms with Gasteiger partial charge in [0.25, 0.3) is 0 Å². The zero-order chi connectivity index (χ0) is 13.8. The van der Waals surface area contributed by atoms with Crippen molar-refractivity contribution in [1.29, 1.82) is 0 Å². The van der Waals surface area contributed by atoms with Gasteiger partial charge in [-0.05, 0) is 38.0 Å². The first-order valence-corrected chi connectivity index (χ1v) is 7.46. The number of anilines is 2. The third-order valence-corrected chi connectivity index (χ3v) is 3.95. The lowest BCUT2D eigenvalue weighted by Gasteiger charge is -2.14. The SMILES string of the molecule is CCOCCS(=O)(=O)Nc1c(N)ccc(C)c1C. The summed E-state index contributed by atoms with van der Waals surface area (Å²) in [5.41, 5.74) is 8.52. The second-order valence-corrected chi connectivity index (χ2v) is 5.93. The molecular formula is C12H20N2O3S. The molecule has 0 unspecified atom stereocenters. The van der Waals surface area contributed by atoms with Crippen molar-refractivity contribution in [3.8, 4) is 0 Å². The van der Waals surface area contributed by atoms with Crippen LogP contribution in [0.3, 0.4) is 0 Å². The minimum absolute atomic E-state index is 0.0757. The third-order valence-electron chi connectivity index (χ3n) is 2.73. The molecule has 102 valence electrons. The van der Waals surface area contributed by atoms with Crippen molar-refractivity contribution in [3.05, 3.63) is 23.3 Å². The van der Waals surface area contributed by atoms with E-state index in [-0.39, 0.29) is 12.4 Å². The molecule has 0 aliphatic rings. The van der Waals surface area contributed by atoms with Crippen LogP contribution in [0.4, 0.5) is 11.4 Å². The lowest BCUT2D eigenvalue weighted by molar-refractivity contribution is 0.163. The quantitative estimate of drug-likeness (QED) is 0.609. The molecule has 3 N–H and O–H groups in total. The van der Waals surface area contributed by atoms with Crippen molar-refractivity contribution in [3.63, 3.8) is 0 Å². The molecular weight excluding hydrogens is 252 g/mol. The Balaban J connectivity index is 2.87. The summed E-state index contributed by atoms with van der Waals surface area (Å²) in [5, 5.41) is 0. The van der Waals surface area contributed by atoms with E-state index in [1.165, 1.54) is 0 Å². The van der Waals surface area contributed by atoms with Crippen LogP contribution in [-0.2, 0) is 14.8 Å². The number of aryl methyl sites for hydroxylation is 1. The van der Waals surface area contributed by atoms with Crippen molar-refractivity contribution in [2.45, 2.75) is 20.8 Å². The fourth-order valence-electron chi connectivity index (χ4n) is 1.49. The summed E-state index contributed by atoms with van der Waals surface area (Å²) in [6, 6.07) is 3.56. The number of nitrogens with one attached hydrogen (secondary N) is 1. The Morgan fingerprint density at radius 3 is 2.61 bits per heavy atom. The minimum Gasteiger partial charge on any atom is -0.397 e. The second kappa shape index (κ2) is 6.06. The summed E-state index contributed by atoms with van der Waals surface area (Å²) >= 11 is 0. The van der Waals surface area contributed by atoms with E-state index in [4.69, 9.17) is 10.5 Å². The summed E-state index contributed by atoms with van der Waals surface area (Å²) < 4.78 is 31.3. The van der Waals surface area contributed by atoms with Gasteiger partial charge in [-0.3, -0.25) is 4.72 Å². The first-order chi connectivity index (χ1) is 8.37. The van der Waals surface area contributed by atoms with Crippen molar-refractivity contribution in [2.24, 2.45) is 0 Å². The molecule has 0 heterocycles. The van der Waals surface area contributed by atoms with Gasteiger partial charge < -0.3 is 10.5 Å². The van der Waals surface area contributed by atoms with Crippen molar-refractivity contribution < 1.29 is 13.2 Å². The monoisotopic (exact) mass is 272 g/mol. The van der Waals surface area contributed by atoms with Crippen LogP contribution < -0.4 is 10.5 Å². The highest BCUT2D eigenvalue weighted by atomic mass is 32.2. The van der Waals surface area contributed by atoms with Crippen molar-refractivity contribution >= 4 is 21.4 Å². The van der Waals surface area contributed by atoms with Gasteiger partial charge in [0.05, 0.1) is 23.7 Å². The van der Waals surface area contributed by atoms with Crippen LogP contribution in [0.1, 0.15) is 18.1 Å². The Kier molecular flexibility index (Phi) is 4.98. The van der Waals surface area contributed by atoms with Gasteiger partial charge in [0.15, 0.2) is 0 Å². The van der Waals surface area contributed by atoms with E-state index < -0.39 is 10.0 Å². The number of sulfonamides is 1. The molecule has 0 radical (unpaired) electrons. The average Bonchev–Trinajstić information content (AvgIpc) is 2.30. The normalized spacial score (nSPS) is 11.5. The molecule has 0 saturated carbocycles. The number of ether oxygens (including phenoxy) is 1. The van der Waals surface area contributed by atoms with Gasteiger partial charge in [-0.25, -0.2) is 8.42 Å². The van der Waals surface area contributed by atoms with E-state index in [0.29, 0.717) is 18.0 Å². The first-order valence-electron chi connectivity index (χ1n) is 5.81. The lowest BCUT2D eigenvalue weighted by Crippen LogP contribution is -2.21. The molecule has 0 aromatic heterocycles. The van der Waals surface area contributed by atoms with Crippen LogP contribution in [-0.4, -0.2) is 27.4 Å². The van der Waals surface area contributed by atoms with Gasteiger partial charge in [-0.15, -0.1) is 0 Å². The highest BCUT2D eigenvalue weighted by Crippen LogP contribution is 2.26. The van der Waals surface area contributed by atoms with Crippen LogP contribution in [0.15, 0.2) is 12.1 Å². The summed E-state index contributed by atoms with van der Waals surface area (Å²) in [5.74, 6) is -0.0757. The van der Waals surface area contributed by atoms with E-state index in [1.807, 2.05) is 26.8 Å². The van der Waals surface area contributed by atoms with Gasteiger partial charge in [0, 0.05) is 6.61 Å². The van der Waals surface area contributed by atoms with Gasteiger partial charge >= 0.3 is 0 Å². The molecule has 0 aliphatic heterocycles. The fourth-order valence-corrected chi connectivity index (χ4v) is 2.51. The van der Waals surface area contributed by atoms with Crippen molar-refractivity contribution in [1.82, 2.24) is 0 Å². The van der Waals surface area contributed by atoms with E-state index >= 15 is 0 Å². The standard InChI is InChI=1S/C12H20N2O3S/c1-4-17-7-8-18(15,16)14-12-10(3)9(2)5-6-11(12)13/h5-6,14H,4,7-8,13H2,1-3H3. The number of benzene rings is 1. The van der Waals surface area contributed by atoms with Crippen LogP contribution in [0.25, 0.3) is 0 Å². The van der Waals surface area contributed by atoms with E-state index in [0.717, 1.165) is 11.1 Å².